The van der Waals surface area contributed by atoms with Gasteiger partial charge in [-0.25, -0.2) is 9.48 Å². The molecule has 0 spiro atoms. The van der Waals surface area contributed by atoms with E-state index >= 15 is 0 Å². The number of rotatable bonds is 4. The van der Waals surface area contributed by atoms with Gasteiger partial charge in [-0.3, -0.25) is 4.79 Å². The SMILES string of the molecule is COC(=O)c1cn(CC(=O)c2cc(C)ccc2C)nn1. The van der Waals surface area contributed by atoms with Crippen LogP contribution in [-0.4, -0.2) is 33.9 Å². The maximum Gasteiger partial charge on any atom is 0.360 e. The Morgan fingerprint density at radius 1 is 1.30 bits per heavy atom. The highest BCUT2D eigenvalue weighted by molar-refractivity contribution is 5.97. The number of hydrogen-bond donors (Lipinski definition) is 0. The molecule has 6 heteroatoms. The van der Waals surface area contributed by atoms with E-state index < -0.39 is 5.97 Å². The number of methoxy groups -OCH3 is 1. The number of ether oxygens (including phenoxy) is 1. The van der Waals surface area contributed by atoms with Gasteiger partial charge in [-0.2, -0.15) is 0 Å². The molecule has 20 heavy (non-hydrogen) atoms. The summed E-state index contributed by atoms with van der Waals surface area (Å²) in [5.41, 5.74) is 2.67. The molecule has 0 N–H and O–H groups in total. The summed E-state index contributed by atoms with van der Waals surface area (Å²) in [4.78, 5) is 23.5. The molecule has 0 aliphatic rings. The van der Waals surface area contributed by atoms with E-state index in [2.05, 4.69) is 15.0 Å². The van der Waals surface area contributed by atoms with E-state index in [-0.39, 0.29) is 18.0 Å². The fourth-order valence-electron chi connectivity index (χ4n) is 1.84. The van der Waals surface area contributed by atoms with Crippen LogP contribution in [0.25, 0.3) is 0 Å². The van der Waals surface area contributed by atoms with Gasteiger partial charge in [0.15, 0.2) is 11.5 Å². The van der Waals surface area contributed by atoms with Crippen LogP contribution in [0.2, 0.25) is 0 Å². The minimum absolute atomic E-state index is 0.0360. The molecule has 0 saturated carbocycles. The molecule has 1 heterocycles. The molecule has 0 bridgehead atoms. The number of ketones is 1. The van der Waals surface area contributed by atoms with Gasteiger partial charge in [0.1, 0.15) is 6.54 Å². The maximum absolute atomic E-state index is 12.2. The number of carbonyl (C=O) groups is 2. The molecule has 0 aliphatic carbocycles. The normalized spacial score (nSPS) is 10.3. The lowest BCUT2D eigenvalue weighted by Gasteiger charge is -2.05. The minimum atomic E-state index is -0.574. The van der Waals surface area contributed by atoms with Crippen LogP contribution in [0.5, 0.6) is 0 Å². The Bertz CT molecular complexity index is 661. The predicted octanol–water partition coefficient (Wildman–Crippen LogP) is 1.56. The maximum atomic E-state index is 12.2. The third kappa shape index (κ3) is 2.90. The van der Waals surface area contributed by atoms with Crippen LogP contribution in [0.3, 0.4) is 0 Å². The summed E-state index contributed by atoms with van der Waals surface area (Å²) in [6.07, 6.45) is 1.40. The van der Waals surface area contributed by atoms with Crippen LogP contribution >= 0.6 is 0 Å². The number of hydrogen-bond acceptors (Lipinski definition) is 5. The molecule has 0 fully saturated rings. The first kappa shape index (κ1) is 13.9. The number of nitrogens with zero attached hydrogens (tertiary/aromatic N) is 3. The van der Waals surface area contributed by atoms with Crippen LogP contribution in [-0.2, 0) is 11.3 Å². The van der Waals surface area contributed by atoms with Crippen molar-refractivity contribution in [3.8, 4) is 0 Å². The molecule has 0 amide bonds. The number of benzene rings is 1. The zero-order chi connectivity index (χ0) is 14.7. The number of aromatic nitrogens is 3. The summed E-state index contributed by atoms with van der Waals surface area (Å²) in [5.74, 6) is -0.650. The molecule has 0 atom stereocenters. The highest BCUT2D eigenvalue weighted by Gasteiger charge is 2.14. The number of carbonyl (C=O) groups excluding carboxylic acids is 2. The molecular formula is C14H15N3O3. The second-order valence-electron chi connectivity index (χ2n) is 4.53. The van der Waals surface area contributed by atoms with Gasteiger partial charge in [-0.15, -0.1) is 5.10 Å². The number of esters is 1. The highest BCUT2D eigenvalue weighted by Crippen LogP contribution is 2.12. The lowest BCUT2D eigenvalue weighted by atomic mass is 10.0. The van der Waals surface area contributed by atoms with Crippen molar-refractivity contribution in [2.75, 3.05) is 7.11 Å². The van der Waals surface area contributed by atoms with Crippen molar-refractivity contribution in [3.05, 3.63) is 46.8 Å². The average molecular weight is 273 g/mol. The van der Waals surface area contributed by atoms with Gasteiger partial charge in [-0.05, 0) is 25.5 Å². The lowest BCUT2D eigenvalue weighted by molar-refractivity contribution is 0.0593. The van der Waals surface area contributed by atoms with Crippen LogP contribution in [0.15, 0.2) is 24.4 Å². The summed E-state index contributed by atoms with van der Waals surface area (Å²) < 4.78 is 5.86. The molecule has 2 aromatic rings. The Balaban J connectivity index is 2.17. The van der Waals surface area contributed by atoms with Crippen LogP contribution in [0.4, 0.5) is 0 Å². The van der Waals surface area contributed by atoms with Gasteiger partial charge < -0.3 is 4.74 Å². The average Bonchev–Trinajstić information content (AvgIpc) is 2.89. The molecule has 104 valence electrons. The second-order valence-corrected chi connectivity index (χ2v) is 4.53. The molecule has 1 aromatic carbocycles. The summed E-state index contributed by atoms with van der Waals surface area (Å²) in [7, 11) is 1.27. The van der Waals surface area contributed by atoms with Gasteiger partial charge in [0.25, 0.3) is 0 Å². The molecular weight excluding hydrogens is 258 g/mol. The summed E-state index contributed by atoms with van der Waals surface area (Å²) in [6, 6.07) is 5.70. The summed E-state index contributed by atoms with van der Waals surface area (Å²) in [6.45, 7) is 3.85. The van der Waals surface area contributed by atoms with E-state index in [1.54, 1.807) is 0 Å². The van der Waals surface area contributed by atoms with Crippen molar-refractivity contribution in [2.45, 2.75) is 20.4 Å². The fraction of sp³-hybridized carbons (Fsp3) is 0.286. The van der Waals surface area contributed by atoms with Crippen molar-refractivity contribution in [3.63, 3.8) is 0 Å². The zero-order valence-corrected chi connectivity index (χ0v) is 11.6. The molecule has 0 saturated heterocycles. The Hall–Kier alpha value is -2.50. The van der Waals surface area contributed by atoms with Crippen molar-refractivity contribution >= 4 is 11.8 Å². The van der Waals surface area contributed by atoms with Crippen LogP contribution in [0, 0.1) is 13.8 Å². The van der Waals surface area contributed by atoms with E-state index in [9.17, 15) is 9.59 Å². The van der Waals surface area contributed by atoms with Gasteiger partial charge in [0.05, 0.1) is 13.3 Å². The molecule has 0 radical (unpaired) electrons. The Kier molecular flexibility index (Phi) is 3.93. The smallest absolute Gasteiger partial charge is 0.360 e. The van der Waals surface area contributed by atoms with Gasteiger partial charge in [0.2, 0.25) is 0 Å². The van der Waals surface area contributed by atoms with E-state index in [1.165, 1.54) is 18.0 Å². The molecule has 0 aliphatic heterocycles. The highest BCUT2D eigenvalue weighted by atomic mass is 16.5. The first-order valence-corrected chi connectivity index (χ1v) is 6.10. The van der Waals surface area contributed by atoms with Crippen molar-refractivity contribution in [1.29, 1.82) is 0 Å². The third-order valence-corrected chi connectivity index (χ3v) is 2.93. The van der Waals surface area contributed by atoms with E-state index in [0.29, 0.717) is 5.56 Å². The van der Waals surface area contributed by atoms with Crippen LogP contribution in [0.1, 0.15) is 32.0 Å². The number of aryl methyl sites for hydroxylation is 2. The summed E-state index contributed by atoms with van der Waals surface area (Å²) >= 11 is 0. The molecule has 0 unspecified atom stereocenters. The number of Topliss-reactive ketones (excluding diaryl/α,β-unsaturated/α-hetero) is 1. The third-order valence-electron chi connectivity index (χ3n) is 2.93. The zero-order valence-electron chi connectivity index (χ0n) is 11.6. The second kappa shape index (κ2) is 5.64. The topological polar surface area (TPSA) is 74.1 Å². The Morgan fingerprint density at radius 2 is 2.05 bits per heavy atom. The van der Waals surface area contributed by atoms with E-state index in [0.717, 1.165) is 11.1 Å². The largest absolute Gasteiger partial charge is 0.464 e. The molecule has 6 nitrogen and oxygen atoms in total. The molecule has 1 aromatic heterocycles. The monoisotopic (exact) mass is 273 g/mol. The van der Waals surface area contributed by atoms with Gasteiger partial charge in [0, 0.05) is 5.56 Å². The van der Waals surface area contributed by atoms with Gasteiger partial charge in [-0.1, -0.05) is 22.9 Å². The quantitative estimate of drug-likeness (QED) is 0.624. The minimum Gasteiger partial charge on any atom is -0.464 e. The lowest BCUT2D eigenvalue weighted by Crippen LogP contribution is -2.12. The van der Waals surface area contributed by atoms with Crippen molar-refractivity contribution < 1.29 is 14.3 Å². The van der Waals surface area contributed by atoms with E-state index in [4.69, 9.17) is 0 Å². The fourth-order valence-corrected chi connectivity index (χ4v) is 1.84. The first-order chi connectivity index (χ1) is 9.51. The Labute approximate surface area is 116 Å². The van der Waals surface area contributed by atoms with Crippen molar-refractivity contribution in [1.82, 2.24) is 15.0 Å². The van der Waals surface area contributed by atoms with Gasteiger partial charge >= 0.3 is 5.97 Å². The first-order valence-electron chi connectivity index (χ1n) is 6.10. The summed E-state index contributed by atoms with van der Waals surface area (Å²) in [5, 5.41) is 7.41. The standard InChI is InChI=1S/C14H15N3O3/c1-9-4-5-10(2)11(6-9)13(18)8-17-7-12(15-16-17)14(19)20-3/h4-7H,8H2,1-3H3. The van der Waals surface area contributed by atoms with Crippen molar-refractivity contribution in [2.24, 2.45) is 0 Å². The Morgan fingerprint density at radius 3 is 2.75 bits per heavy atom. The van der Waals surface area contributed by atoms with Crippen LogP contribution < -0.4 is 0 Å². The van der Waals surface area contributed by atoms with E-state index in [1.807, 2.05) is 32.0 Å². The predicted molar refractivity (Wildman–Crippen MR) is 71.6 cm³/mol. The molecule has 2 rings (SSSR count).